The maximum atomic E-state index is 12.5. The number of benzene rings is 1. The molecule has 0 bridgehead atoms. The van der Waals surface area contributed by atoms with Crippen LogP contribution in [0.1, 0.15) is 42.4 Å². The number of Topliss-reactive ketones (excluding diaryl/α,β-unsaturated/α-hetero) is 2. The van der Waals surface area contributed by atoms with E-state index in [1.54, 1.807) is 0 Å². The molecule has 0 saturated heterocycles. The number of rotatable bonds is 4. The van der Waals surface area contributed by atoms with Crippen LogP contribution in [0.5, 0.6) is 0 Å². The van der Waals surface area contributed by atoms with Crippen LogP contribution in [0.3, 0.4) is 0 Å². The maximum Gasteiger partial charge on any atom is 0.151 e. The molecule has 0 amide bonds. The molecule has 1 fully saturated rings. The molecule has 0 spiro atoms. The SMILES string of the molecule is CCC1CC(=O)C(c2c(C)cc(N=CC(C#N)=CN)cc2C)C1=O. The first-order chi connectivity index (χ1) is 11.4. The van der Waals surface area contributed by atoms with E-state index in [9.17, 15) is 9.59 Å². The fraction of sp³-hybridized carbons (Fsp3) is 0.368. The van der Waals surface area contributed by atoms with Crippen molar-refractivity contribution < 1.29 is 9.59 Å². The lowest BCUT2D eigenvalue weighted by atomic mass is 9.87. The average Bonchev–Trinajstić information content (AvgIpc) is 2.83. The van der Waals surface area contributed by atoms with Crippen molar-refractivity contribution in [2.45, 2.75) is 39.5 Å². The number of aryl methyl sites for hydroxylation is 2. The molecule has 0 heterocycles. The quantitative estimate of drug-likeness (QED) is 0.523. The molecule has 0 radical (unpaired) electrons. The third-order valence-corrected chi connectivity index (χ3v) is 4.48. The van der Waals surface area contributed by atoms with Gasteiger partial charge in [0, 0.05) is 24.8 Å². The highest BCUT2D eigenvalue weighted by Crippen LogP contribution is 2.38. The van der Waals surface area contributed by atoms with E-state index in [0.29, 0.717) is 18.5 Å². The molecule has 1 aliphatic rings. The summed E-state index contributed by atoms with van der Waals surface area (Å²) in [6, 6.07) is 5.57. The molecule has 5 heteroatoms. The smallest absolute Gasteiger partial charge is 0.151 e. The lowest BCUT2D eigenvalue weighted by Crippen LogP contribution is -2.17. The highest BCUT2D eigenvalue weighted by atomic mass is 16.2. The van der Waals surface area contributed by atoms with Gasteiger partial charge in [0.1, 0.15) is 17.8 Å². The van der Waals surface area contributed by atoms with Gasteiger partial charge in [-0.2, -0.15) is 5.26 Å². The van der Waals surface area contributed by atoms with E-state index >= 15 is 0 Å². The fourth-order valence-corrected chi connectivity index (χ4v) is 3.24. The highest BCUT2D eigenvalue weighted by Gasteiger charge is 2.42. The van der Waals surface area contributed by atoms with Gasteiger partial charge in [0.2, 0.25) is 0 Å². The molecule has 2 N–H and O–H groups in total. The maximum absolute atomic E-state index is 12.5. The van der Waals surface area contributed by atoms with Crippen molar-refractivity contribution in [3.05, 3.63) is 40.6 Å². The molecular formula is C19H21N3O2. The van der Waals surface area contributed by atoms with Crippen LogP contribution in [0.2, 0.25) is 0 Å². The van der Waals surface area contributed by atoms with Crippen molar-refractivity contribution in [2.75, 3.05) is 0 Å². The third kappa shape index (κ3) is 3.28. The Morgan fingerprint density at radius 1 is 1.38 bits per heavy atom. The lowest BCUT2D eigenvalue weighted by Gasteiger charge is -2.16. The molecular weight excluding hydrogens is 302 g/mol. The number of hydrogen-bond donors (Lipinski definition) is 1. The van der Waals surface area contributed by atoms with Crippen LogP contribution in [-0.4, -0.2) is 17.8 Å². The Balaban J connectivity index is 2.40. The predicted molar refractivity (Wildman–Crippen MR) is 93.1 cm³/mol. The molecule has 24 heavy (non-hydrogen) atoms. The molecule has 1 aromatic carbocycles. The number of carbonyl (C=O) groups is 2. The average molecular weight is 323 g/mol. The van der Waals surface area contributed by atoms with Gasteiger partial charge in [-0.1, -0.05) is 6.92 Å². The van der Waals surface area contributed by atoms with Crippen LogP contribution in [0.25, 0.3) is 0 Å². The number of hydrogen-bond acceptors (Lipinski definition) is 5. The fourth-order valence-electron chi connectivity index (χ4n) is 3.24. The molecule has 1 aromatic rings. The van der Waals surface area contributed by atoms with E-state index in [4.69, 9.17) is 11.0 Å². The van der Waals surface area contributed by atoms with E-state index in [1.165, 1.54) is 12.4 Å². The van der Waals surface area contributed by atoms with E-state index < -0.39 is 5.92 Å². The van der Waals surface area contributed by atoms with Crippen molar-refractivity contribution >= 4 is 23.5 Å². The van der Waals surface area contributed by atoms with Gasteiger partial charge in [-0.3, -0.25) is 14.6 Å². The minimum absolute atomic E-state index is 0.00660. The van der Waals surface area contributed by atoms with Crippen LogP contribution in [0, 0.1) is 31.1 Å². The van der Waals surface area contributed by atoms with E-state index in [0.717, 1.165) is 16.7 Å². The molecule has 0 aliphatic heterocycles. The van der Waals surface area contributed by atoms with Gasteiger partial charge in [-0.15, -0.1) is 0 Å². The van der Waals surface area contributed by atoms with Gasteiger partial charge >= 0.3 is 0 Å². The zero-order valence-electron chi connectivity index (χ0n) is 14.2. The molecule has 2 atom stereocenters. The summed E-state index contributed by atoms with van der Waals surface area (Å²) in [7, 11) is 0. The Hall–Kier alpha value is -2.74. The molecule has 0 aromatic heterocycles. The number of aliphatic imine (C=N–C) groups is 1. The van der Waals surface area contributed by atoms with Crippen LogP contribution < -0.4 is 5.73 Å². The summed E-state index contributed by atoms with van der Waals surface area (Å²) < 4.78 is 0. The number of allylic oxidation sites excluding steroid dienone is 1. The largest absolute Gasteiger partial charge is 0.403 e. The first-order valence-electron chi connectivity index (χ1n) is 7.96. The summed E-state index contributed by atoms with van der Waals surface area (Å²) in [6.45, 7) is 5.70. The van der Waals surface area contributed by atoms with Gasteiger partial charge < -0.3 is 5.73 Å². The molecule has 5 nitrogen and oxygen atoms in total. The Kier molecular flexibility index (Phi) is 5.30. The van der Waals surface area contributed by atoms with Crippen molar-refractivity contribution in [3.63, 3.8) is 0 Å². The summed E-state index contributed by atoms with van der Waals surface area (Å²) in [4.78, 5) is 29.1. The normalized spacial score (nSPS) is 21.5. The second-order valence-corrected chi connectivity index (χ2v) is 6.10. The predicted octanol–water partition coefficient (Wildman–Crippen LogP) is 3.02. The third-order valence-electron chi connectivity index (χ3n) is 4.48. The second kappa shape index (κ2) is 7.22. The lowest BCUT2D eigenvalue weighted by molar-refractivity contribution is -0.124. The van der Waals surface area contributed by atoms with Crippen LogP contribution in [0.4, 0.5) is 5.69 Å². The summed E-state index contributed by atoms with van der Waals surface area (Å²) in [5.41, 5.74) is 8.77. The first kappa shape index (κ1) is 17.6. The van der Waals surface area contributed by atoms with Gasteiger partial charge in [-0.25, -0.2) is 0 Å². The van der Waals surface area contributed by atoms with Crippen LogP contribution in [0.15, 0.2) is 28.9 Å². The van der Waals surface area contributed by atoms with E-state index in [-0.39, 0.29) is 23.1 Å². The topological polar surface area (TPSA) is 96.3 Å². The van der Waals surface area contributed by atoms with Gasteiger partial charge in [0.15, 0.2) is 5.78 Å². The van der Waals surface area contributed by atoms with Crippen molar-refractivity contribution in [3.8, 4) is 6.07 Å². The number of nitrogens with two attached hydrogens (primary N) is 1. The zero-order chi connectivity index (χ0) is 17.9. The molecule has 2 rings (SSSR count). The molecule has 2 unspecified atom stereocenters. The van der Waals surface area contributed by atoms with E-state index in [1.807, 2.05) is 39.0 Å². The Labute approximate surface area is 141 Å². The minimum Gasteiger partial charge on any atom is -0.403 e. The number of nitrogens with zero attached hydrogens (tertiary/aromatic N) is 2. The zero-order valence-corrected chi connectivity index (χ0v) is 14.2. The summed E-state index contributed by atoms with van der Waals surface area (Å²) in [5.74, 6) is -0.770. The van der Waals surface area contributed by atoms with E-state index in [2.05, 4.69) is 4.99 Å². The summed E-state index contributed by atoms with van der Waals surface area (Å²) in [6.07, 6.45) is 3.63. The van der Waals surface area contributed by atoms with Crippen LogP contribution in [-0.2, 0) is 9.59 Å². The van der Waals surface area contributed by atoms with Gasteiger partial charge in [0.05, 0.1) is 11.3 Å². The molecule has 124 valence electrons. The van der Waals surface area contributed by atoms with Crippen molar-refractivity contribution in [2.24, 2.45) is 16.6 Å². The molecule has 1 aliphatic carbocycles. The summed E-state index contributed by atoms with van der Waals surface area (Å²) >= 11 is 0. The van der Waals surface area contributed by atoms with Crippen molar-refractivity contribution in [1.82, 2.24) is 0 Å². The number of carbonyl (C=O) groups excluding carboxylic acids is 2. The standard InChI is InChI=1S/C19H21N3O2/c1-4-14-7-16(23)18(19(14)24)17-11(2)5-15(6-12(17)3)22-10-13(8-20)9-21/h5-6,8,10,14,18H,4,7,20H2,1-3H3. The summed E-state index contributed by atoms with van der Waals surface area (Å²) in [5, 5.41) is 8.84. The monoisotopic (exact) mass is 323 g/mol. The van der Waals surface area contributed by atoms with Gasteiger partial charge in [0.25, 0.3) is 0 Å². The Bertz CT molecular complexity index is 761. The number of ketones is 2. The minimum atomic E-state index is -0.647. The second-order valence-electron chi connectivity index (χ2n) is 6.10. The van der Waals surface area contributed by atoms with Gasteiger partial charge in [-0.05, 0) is 49.1 Å². The first-order valence-corrected chi connectivity index (χ1v) is 7.96. The van der Waals surface area contributed by atoms with Crippen molar-refractivity contribution in [1.29, 1.82) is 5.26 Å². The Morgan fingerprint density at radius 2 is 2.00 bits per heavy atom. The molecule has 1 saturated carbocycles. The Morgan fingerprint density at radius 3 is 2.46 bits per heavy atom. The van der Waals surface area contributed by atoms with Crippen LogP contribution >= 0.6 is 0 Å². The number of nitriles is 1. The highest BCUT2D eigenvalue weighted by molar-refractivity contribution is 6.15.